The molecule has 0 radical (unpaired) electrons. The van der Waals surface area contributed by atoms with Crippen molar-refractivity contribution >= 4 is 0 Å². The van der Waals surface area contributed by atoms with Gasteiger partial charge in [0, 0.05) is 24.8 Å². The van der Waals surface area contributed by atoms with Gasteiger partial charge in [0.2, 0.25) is 5.89 Å². The zero-order valence-electron chi connectivity index (χ0n) is 11.2. The van der Waals surface area contributed by atoms with Crippen LogP contribution in [0.5, 0.6) is 0 Å². The Hall–Kier alpha value is -1.62. The van der Waals surface area contributed by atoms with Gasteiger partial charge in [0.1, 0.15) is 5.76 Å². The number of nitrogens with one attached hydrogen (secondary N) is 1. The predicted molar refractivity (Wildman–Crippen MR) is 69.0 cm³/mol. The molecule has 18 heavy (non-hydrogen) atoms. The molecule has 0 aliphatic carbocycles. The van der Waals surface area contributed by atoms with Gasteiger partial charge in [-0.3, -0.25) is 4.68 Å². The first-order valence-electron chi connectivity index (χ1n) is 6.36. The Balaban J connectivity index is 1.86. The van der Waals surface area contributed by atoms with Gasteiger partial charge in [0.05, 0.1) is 18.4 Å². The van der Waals surface area contributed by atoms with Crippen LogP contribution in [0.3, 0.4) is 0 Å². The summed E-state index contributed by atoms with van der Waals surface area (Å²) >= 11 is 0. The van der Waals surface area contributed by atoms with Crippen LogP contribution < -0.4 is 5.32 Å². The van der Waals surface area contributed by atoms with Gasteiger partial charge in [-0.2, -0.15) is 5.10 Å². The second kappa shape index (κ2) is 5.82. The van der Waals surface area contributed by atoms with E-state index in [0.29, 0.717) is 0 Å². The lowest BCUT2D eigenvalue weighted by Gasteiger charge is -2.08. The molecule has 2 rings (SSSR count). The summed E-state index contributed by atoms with van der Waals surface area (Å²) in [5.41, 5.74) is 1.18. The molecule has 1 N–H and O–H groups in total. The average Bonchev–Trinajstić information content (AvgIpc) is 2.96. The minimum absolute atomic E-state index is 0.105. The summed E-state index contributed by atoms with van der Waals surface area (Å²) in [5.74, 6) is 1.57. The van der Waals surface area contributed by atoms with Crippen LogP contribution in [-0.2, 0) is 13.1 Å². The van der Waals surface area contributed by atoms with Gasteiger partial charge in [0.25, 0.3) is 0 Å². The van der Waals surface area contributed by atoms with E-state index in [2.05, 4.69) is 28.5 Å². The summed E-state index contributed by atoms with van der Waals surface area (Å²) in [6.45, 7) is 7.83. The quantitative estimate of drug-likeness (QED) is 0.853. The molecule has 0 amide bonds. The molecule has 0 saturated heterocycles. The lowest BCUT2D eigenvalue weighted by atomic mass is 10.3. The van der Waals surface area contributed by atoms with Crippen LogP contribution >= 0.6 is 0 Å². The molecule has 2 heterocycles. The SMILES string of the molecule is CCCn1cc(CNC(C)c2ncc(C)o2)cn1. The highest BCUT2D eigenvalue weighted by Crippen LogP contribution is 2.12. The van der Waals surface area contributed by atoms with Gasteiger partial charge in [-0.1, -0.05) is 6.92 Å². The third-order valence-electron chi connectivity index (χ3n) is 2.76. The molecule has 0 saturated carbocycles. The van der Waals surface area contributed by atoms with E-state index in [-0.39, 0.29) is 6.04 Å². The smallest absolute Gasteiger partial charge is 0.211 e. The van der Waals surface area contributed by atoms with E-state index < -0.39 is 0 Å². The summed E-state index contributed by atoms with van der Waals surface area (Å²) in [7, 11) is 0. The number of hydrogen-bond acceptors (Lipinski definition) is 4. The number of aryl methyl sites for hydroxylation is 2. The highest BCUT2D eigenvalue weighted by molar-refractivity contribution is 5.04. The molecular weight excluding hydrogens is 228 g/mol. The number of rotatable bonds is 6. The first kappa shape index (κ1) is 12.8. The maximum absolute atomic E-state index is 5.48. The fraction of sp³-hybridized carbons (Fsp3) is 0.538. The first-order valence-corrected chi connectivity index (χ1v) is 6.36. The van der Waals surface area contributed by atoms with Crippen LogP contribution in [0.15, 0.2) is 23.0 Å². The van der Waals surface area contributed by atoms with Crippen molar-refractivity contribution in [3.63, 3.8) is 0 Å². The summed E-state index contributed by atoms with van der Waals surface area (Å²) in [5, 5.41) is 7.67. The van der Waals surface area contributed by atoms with Crippen LogP contribution in [0, 0.1) is 6.92 Å². The van der Waals surface area contributed by atoms with Crippen LogP contribution in [0.4, 0.5) is 0 Å². The van der Waals surface area contributed by atoms with Gasteiger partial charge in [-0.25, -0.2) is 4.98 Å². The van der Waals surface area contributed by atoms with Crippen molar-refractivity contribution in [1.82, 2.24) is 20.1 Å². The molecule has 98 valence electrons. The Morgan fingerprint density at radius 1 is 1.44 bits per heavy atom. The monoisotopic (exact) mass is 248 g/mol. The second-order valence-corrected chi connectivity index (χ2v) is 4.52. The Morgan fingerprint density at radius 2 is 2.28 bits per heavy atom. The van der Waals surface area contributed by atoms with Crippen molar-refractivity contribution in [2.45, 2.75) is 46.3 Å². The molecule has 0 spiro atoms. The number of hydrogen-bond donors (Lipinski definition) is 1. The third-order valence-corrected chi connectivity index (χ3v) is 2.76. The second-order valence-electron chi connectivity index (χ2n) is 4.52. The highest BCUT2D eigenvalue weighted by atomic mass is 16.4. The molecular formula is C13H20N4O. The molecule has 5 heteroatoms. The molecule has 0 aromatic carbocycles. The Labute approximate surface area is 107 Å². The minimum atomic E-state index is 0.105. The van der Waals surface area contributed by atoms with Crippen molar-refractivity contribution in [2.24, 2.45) is 0 Å². The van der Waals surface area contributed by atoms with Crippen molar-refractivity contribution in [3.8, 4) is 0 Å². The molecule has 2 aromatic heterocycles. The Bertz CT molecular complexity index is 489. The van der Waals surface area contributed by atoms with Crippen molar-refractivity contribution in [3.05, 3.63) is 35.8 Å². The molecule has 0 aliphatic rings. The van der Waals surface area contributed by atoms with Gasteiger partial charge in [-0.15, -0.1) is 0 Å². The summed E-state index contributed by atoms with van der Waals surface area (Å²) < 4.78 is 7.45. The normalized spacial score (nSPS) is 12.8. The van der Waals surface area contributed by atoms with Crippen molar-refractivity contribution in [1.29, 1.82) is 0 Å². The molecule has 0 fully saturated rings. The third kappa shape index (κ3) is 3.20. The molecule has 1 unspecified atom stereocenters. The van der Waals surface area contributed by atoms with Gasteiger partial charge in [-0.05, 0) is 20.3 Å². The van der Waals surface area contributed by atoms with Crippen molar-refractivity contribution in [2.75, 3.05) is 0 Å². The average molecular weight is 248 g/mol. The van der Waals surface area contributed by atoms with E-state index >= 15 is 0 Å². The molecule has 0 bridgehead atoms. The topological polar surface area (TPSA) is 55.9 Å². The van der Waals surface area contributed by atoms with Crippen LogP contribution in [0.25, 0.3) is 0 Å². The van der Waals surface area contributed by atoms with Gasteiger partial charge < -0.3 is 9.73 Å². The number of aromatic nitrogens is 3. The van der Waals surface area contributed by atoms with E-state index in [9.17, 15) is 0 Å². The number of nitrogens with zero attached hydrogens (tertiary/aromatic N) is 3. The fourth-order valence-electron chi connectivity index (χ4n) is 1.78. The molecule has 0 aliphatic heterocycles. The summed E-state index contributed by atoms with van der Waals surface area (Å²) in [6, 6.07) is 0.105. The Morgan fingerprint density at radius 3 is 2.94 bits per heavy atom. The standard InChI is InChI=1S/C13H20N4O/c1-4-5-17-9-12(8-16-17)7-14-11(3)13-15-6-10(2)18-13/h6,8-9,11,14H,4-5,7H2,1-3H3. The molecule has 1 atom stereocenters. The largest absolute Gasteiger partial charge is 0.444 e. The van der Waals surface area contributed by atoms with Gasteiger partial charge >= 0.3 is 0 Å². The maximum atomic E-state index is 5.48. The van der Waals surface area contributed by atoms with E-state index in [1.807, 2.05) is 24.7 Å². The molecule has 2 aromatic rings. The molecule has 5 nitrogen and oxygen atoms in total. The fourth-order valence-corrected chi connectivity index (χ4v) is 1.78. The summed E-state index contributed by atoms with van der Waals surface area (Å²) in [6.07, 6.45) is 6.81. The zero-order chi connectivity index (χ0) is 13.0. The first-order chi connectivity index (χ1) is 8.69. The van der Waals surface area contributed by atoms with E-state index in [0.717, 1.165) is 31.2 Å². The van der Waals surface area contributed by atoms with E-state index in [1.165, 1.54) is 5.56 Å². The summed E-state index contributed by atoms with van der Waals surface area (Å²) in [4.78, 5) is 4.21. The Kier molecular flexibility index (Phi) is 4.15. The van der Waals surface area contributed by atoms with Crippen LogP contribution in [0.2, 0.25) is 0 Å². The minimum Gasteiger partial charge on any atom is -0.444 e. The highest BCUT2D eigenvalue weighted by Gasteiger charge is 2.10. The predicted octanol–water partition coefficient (Wildman–Crippen LogP) is 2.44. The van der Waals surface area contributed by atoms with Crippen LogP contribution in [0.1, 0.15) is 43.5 Å². The lowest BCUT2D eigenvalue weighted by Crippen LogP contribution is -2.18. The van der Waals surface area contributed by atoms with Crippen LogP contribution in [-0.4, -0.2) is 14.8 Å². The van der Waals surface area contributed by atoms with E-state index in [1.54, 1.807) is 6.20 Å². The number of oxazole rings is 1. The van der Waals surface area contributed by atoms with Crippen molar-refractivity contribution < 1.29 is 4.42 Å². The zero-order valence-corrected chi connectivity index (χ0v) is 11.2. The van der Waals surface area contributed by atoms with Gasteiger partial charge in [0.15, 0.2) is 0 Å². The maximum Gasteiger partial charge on any atom is 0.211 e. The van der Waals surface area contributed by atoms with E-state index in [4.69, 9.17) is 4.42 Å². The lowest BCUT2D eigenvalue weighted by molar-refractivity contribution is 0.402.